The summed E-state index contributed by atoms with van der Waals surface area (Å²) in [6.45, 7) is 0. The average Bonchev–Trinajstić information content (AvgIpc) is 2.62. The number of rotatable bonds is 5. The highest BCUT2D eigenvalue weighted by Crippen LogP contribution is 2.36. The third-order valence-electron chi connectivity index (χ3n) is 3.62. The van der Waals surface area contributed by atoms with Crippen LogP contribution >= 0.6 is 0 Å². The second-order valence-corrected chi connectivity index (χ2v) is 5.19. The third-order valence-corrected chi connectivity index (χ3v) is 3.62. The molecule has 0 aliphatic heterocycles. The molecule has 3 aromatic rings. The maximum Gasteiger partial charge on any atom is 0.135 e. The van der Waals surface area contributed by atoms with Gasteiger partial charge in [0.1, 0.15) is 28.7 Å². The van der Waals surface area contributed by atoms with E-state index in [2.05, 4.69) is 0 Å². The van der Waals surface area contributed by atoms with E-state index in [1.165, 1.54) is 0 Å². The zero-order chi connectivity index (χ0) is 16.9. The molecule has 0 radical (unpaired) electrons. The van der Waals surface area contributed by atoms with E-state index < -0.39 is 0 Å². The van der Waals surface area contributed by atoms with Crippen molar-refractivity contribution in [3.8, 4) is 39.9 Å². The van der Waals surface area contributed by atoms with Crippen LogP contribution in [0.3, 0.4) is 0 Å². The van der Waals surface area contributed by atoms with Gasteiger partial charge >= 0.3 is 0 Å². The number of para-hydroxylation sites is 1. The maximum atomic E-state index is 9.46. The van der Waals surface area contributed by atoms with Crippen molar-refractivity contribution in [2.75, 3.05) is 14.2 Å². The van der Waals surface area contributed by atoms with E-state index in [9.17, 15) is 5.11 Å². The van der Waals surface area contributed by atoms with Gasteiger partial charge in [0, 0.05) is 23.8 Å². The van der Waals surface area contributed by atoms with Crippen LogP contribution in [0.5, 0.6) is 28.7 Å². The van der Waals surface area contributed by atoms with Crippen LogP contribution in [0.25, 0.3) is 11.1 Å². The highest BCUT2D eigenvalue weighted by molar-refractivity contribution is 5.71. The number of phenolic OH excluding ortho intramolecular Hbond substituents is 1. The fourth-order valence-electron chi connectivity index (χ4n) is 2.40. The lowest BCUT2D eigenvalue weighted by atomic mass is 10.0. The molecular weight excluding hydrogens is 304 g/mol. The Morgan fingerprint density at radius 1 is 0.708 bits per heavy atom. The van der Waals surface area contributed by atoms with Crippen LogP contribution in [0.4, 0.5) is 0 Å². The van der Waals surface area contributed by atoms with E-state index in [1.54, 1.807) is 44.6 Å². The molecule has 0 unspecified atom stereocenters. The Kier molecular flexibility index (Phi) is 4.57. The lowest BCUT2D eigenvalue weighted by molar-refractivity contribution is 0.386. The van der Waals surface area contributed by atoms with Gasteiger partial charge in [0.05, 0.1) is 14.2 Å². The minimum atomic E-state index is 0.231. The SMILES string of the molecule is COc1cc(OC)cc(Oc2ccccc2-c2ccc(O)cc2)c1. The molecule has 0 fully saturated rings. The van der Waals surface area contributed by atoms with Gasteiger partial charge in [-0.15, -0.1) is 0 Å². The predicted octanol–water partition coefficient (Wildman–Crippen LogP) is 4.87. The number of aromatic hydroxyl groups is 1. The number of benzene rings is 3. The Balaban J connectivity index is 1.98. The van der Waals surface area contributed by atoms with Crippen molar-refractivity contribution in [1.29, 1.82) is 0 Å². The Hall–Kier alpha value is -3.14. The van der Waals surface area contributed by atoms with Gasteiger partial charge in [-0.1, -0.05) is 30.3 Å². The van der Waals surface area contributed by atoms with Crippen LogP contribution in [0.1, 0.15) is 0 Å². The summed E-state index contributed by atoms with van der Waals surface area (Å²) in [6, 6.07) is 20.1. The van der Waals surface area contributed by atoms with Crippen molar-refractivity contribution in [1.82, 2.24) is 0 Å². The number of ether oxygens (including phenoxy) is 3. The molecule has 4 nitrogen and oxygen atoms in total. The lowest BCUT2D eigenvalue weighted by Crippen LogP contribution is -1.92. The fourth-order valence-corrected chi connectivity index (χ4v) is 2.40. The Bertz CT molecular complexity index is 803. The summed E-state index contributed by atoms with van der Waals surface area (Å²) in [6.07, 6.45) is 0. The molecule has 0 aromatic heterocycles. The van der Waals surface area contributed by atoms with Crippen molar-refractivity contribution >= 4 is 0 Å². The van der Waals surface area contributed by atoms with Gasteiger partial charge in [0.15, 0.2) is 0 Å². The first kappa shape index (κ1) is 15.7. The van der Waals surface area contributed by atoms with Gasteiger partial charge in [0.25, 0.3) is 0 Å². The van der Waals surface area contributed by atoms with E-state index in [0.717, 1.165) is 11.1 Å². The van der Waals surface area contributed by atoms with E-state index in [-0.39, 0.29) is 5.75 Å². The summed E-state index contributed by atoms with van der Waals surface area (Å²) in [5.41, 5.74) is 1.89. The van der Waals surface area contributed by atoms with Crippen LogP contribution < -0.4 is 14.2 Å². The molecule has 0 saturated heterocycles. The van der Waals surface area contributed by atoms with Gasteiger partial charge in [-0.25, -0.2) is 0 Å². The van der Waals surface area contributed by atoms with Crippen molar-refractivity contribution in [3.63, 3.8) is 0 Å². The van der Waals surface area contributed by atoms with Crippen molar-refractivity contribution in [2.45, 2.75) is 0 Å². The second-order valence-electron chi connectivity index (χ2n) is 5.19. The first-order chi connectivity index (χ1) is 11.7. The summed E-state index contributed by atoms with van der Waals surface area (Å²) in [4.78, 5) is 0. The third kappa shape index (κ3) is 3.43. The van der Waals surface area contributed by atoms with Gasteiger partial charge < -0.3 is 19.3 Å². The van der Waals surface area contributed by atoms with Crippen LogP contribution in [0.2, 0.25) is 0 Å². The van der Waals surface area contributed by atoms with Crippen LogP contribution in [-0.2, 0) is 0 Å². The quantitative estimate of drug-likeness (QED) is 0.728. The molecule has 1 N–H and O–H groups in total. The molecule has 0 bridgehead atoms. The monoisotopic (exact) mass is 322 g/mol. The maximum absolute atomic E-state index is 9.46. The molecule has 0 heterocycles. The summed E-state index contributed by atoms with van der Waals surface area (Å²) in [5, 5.41) is 9.46. The number of hydrogen-bond donors (Lipinski definition) is 1. The Morgan fingerprint density at radius 2 is 1.29 bits per heavy atom. The summed E-state index contributed by atoms with van der Waals surface area (Å²) in [5.74, 6) is 2.88. The molecule has 122 valence electrons. The number of hydrogen-bond acceptors (Lipinski definition) is 4. The predicted molar refractivity (Wildman–Crippen MR) is 93.2 cm³/mol. The summed E-state index contributed by atoms with van der Waals surface area (Å²) in [7, 11) is 3.20. The van der Waals surface area contributed by atoms with E-state index in [0.29, 0.717) is 23.0 Å². The highest BCUT2D eigenvalue weighted by atomic mass is 16.5. The first-order valence-electron chi connectivity index (χ1n) is 7.49. The minimum absolute atomic E-state index is 0.231. The summed E-state index contributed by atoms with van der Waals surface area (Å²) >= 11 is 0. The molecule has 0 saturated carbocycles. The molecule has 0 aliphatic rings. The van der Waals surface area contributed by atoms with Crippen molar-refractivity contribution < 1.29 is 19.3 Å². The van der Waals surface area contributed by atoms with Crippen molar-refractivity contribution in [2.24, 2.45) is 0 Å². The fraction of sp³-hybridized carbons (Fsp3) is 0.100. The van der Waals surface area contributed by atoms with E-state index in [1.807, 2.05) is 36.4 Å². The van der Waals surface area contributed by atoms with E-state index >= 15 is 0 Å². The molecular formula is C20H18O4. The summed E-state index contributed by atoms with van der Waals surface area (Å²) < 4.78 is 16.6. The van der Waals surface area contributed by atoms with Gasteiger partial charge in [-0.05, 0) is 23.8 Å². The first-order valence-corrected chi connectivity index (χ1v) is 7.49. The lowest BCUT2D eigenvalue weighted by Gasteiger charge is -2.13. The largest absolute Gasteiger partial charge is 0.508 e. The molecule has 3 rings (SSSR count). The Labute approximate surface area is 140 Å². The zero-order valence-corrected chi connectivity index (χ0v) is 13.5. The molecule has 0 amide bonds. The van der Waals surface area contributed by atoms with E-state index in [4.69, 9.17) is 14.2 Å². The van der Waals surface area contributed by atoms with Crippen LogP contribution in [0, 0.1) is 0 Å². The van der Waals surface area contributed by atoms with Crippen LogP contribution in [0.15, 0.2) is 66.7 Å². The number of phenols is 1. The topological polar surface area (TPSA) is 47.9 Å². The zero-order valence-electron chi connectivity index (χ0n) is 13.5. The van der Waals surface area contributed by atoms with Gasteiger partial charge in [-0.3, -0.25) is 0 Å². The Morgan fingerprint density at radius 3 is 1.92 bits per heavy atom. The molecule has 0 spiro atoms. The molecule has 24 heavy (non-hydrogen) atoms. The average molecular weight is 322 g/mol. The molecule has 4 heteroatoms. The molecule has 3 aromatic carbocycles. The minimum Gasteiger partial charge on any atom is -0.508 e. The smallest absolute Gasteiger partial charge is 0.135 e. The highest BCUT2D eigenvalue weighted by Gasteiger charge is 2.09. The molecule has 0 aliphatic carbocycles. The van der Waals surface area contributed by atoms with Crippen LogP contribution in [-0.4, -0.2) is 19.3 Å². The number of methoxy groups -OCH3 is 2. The van der Waals surface area contributed by atoms with Gasteiger partial charge in [0.2, 0.25) is 0 Å². The standard InChI is InChI=1S/C20H18O4/c1-22-16-11-17(23-2)13-18(12-16)24-20-6-4-3-5-19(20)14-7-9-15(21)10-8-14/h3-13,21H,1-2H3. The molecule has 0 atom stereocenters. The van der Waals surface area contributed by atoms with Crippen molar-refractivity contribution in [3.05, 3.63) is 66.7 Å². The second kappa shape index (κ2) is 6.96. The van der Waals surface area contributed by atoms with Gasteiger partial charge in [-0.2, -0.15) is 0 Å². The normalized spacial score (nSPS) is 10.2.